The van der Waals surface area contributed by atoms with Crippen LogP contribution in [-0.4, -0.2) is 20.6 Å². The first-order valence-corrected chi connectivity index (χ1v) is 28.6. The van der Waals surface area contributed by atoms with Crippen LogP contribution in [0.5, 0.6) is 0 Å². The van der Waals surface area contributed by atoms with Gasteiger partial charge in [0.15, 0.2) is 0 Å². The minimum absolute atomic E-state index is 0. The number of alkyl halides is 1. The van der Waals surface area contributed by atoms with Crippen LogP contribution < -0.4 is 10.4 Å². The summed E-state index contributed by atoms with van der Waals surface area (Å²) in [5.74, 6) is 5.20. The zero-order valence-corrected chi connectivity index (χ0v) is 34.1. The van der Waals surface area contributed by atoms with E-state index in [0.29, 0.717) is 0 Å². The van der Waals surface area contributed by atoms with E-state index < -0.39 is 37.5 Å². The van der Waals surface area contributed by atoms with Crippen molar-refractivity contribution in [2.45, 2.75) is 99.0 Å². The van der Waals surface area contributed by atoms with Gasteiger partial charge in [0.1, 0.15) is 0 Å². The van der Waals surface area contributed by atoms with Gasteiger partial charge in [-0.15, -0.1) is 0 Å². The predicted octanol–water partition coefficient (Wildman–Crippen LogP) is 9.99. The SMILES string of the molecule is CCCCC1CCC([SiH](c2ccccc2)[SiH](c2ccccc2)C2CCC3C(I)C4CCCC4CC32)C1.[CH3-].[CH3-].[Cl][Zr+2][Cl]. The van der Waals surface area contributed by atoms with Crippen molar-refractivity contribution in [1.82, 2.24) is 0 Å². The molecule has 0 N–H and O–H groups in total. The molecule has 0 amide bonds. The molecule has 41 heavy (non-hydrogen) atoms. The molecule has 226 valence electrons. The standard InChI is InChI=1S/C33H47ISi2.2CH3.2ClH.Zr/c1-2-3-11-24-18-19-28(22-24)35(26-13-6-4-7-14-26)36(27-15-8-5-9-16-27)32-21-20-30-31(32)23-25-12-10-17-29(25)33(30)34;;;;;/h4-9,13-16,24-25,28-33,35-36H,2-3,10-12,17-23H2,1H3;2*1H3;2*1H;/q;2*-1;;;+4/p-2. The maximum atomic E-state index is 4.93. The van der Waals surface area contributed by atoms with Crippen LogP contribution in [-0.2, 0) is 20.8 Å². The van der Waals surface area contributed by atoms with Gasteiger partial charge in [0, 0.05) is 3.92 Å². The van der Waals surface area contributed by atoms with Crippen LogP contribution in [0.1, 0.15) is 84.0 Å². The normalized spacial score (nSPS) is 33.1. The Balaban J connectivity index is 0.000000887. The summed E-state index contributed by atoms with van der Waals surface area (Å²) in [6.45, 7) is 2.38. The molecule has 4 aliphatic rings. The van der Waals surface area contributed by atoms with Gasteiger partial charge in [0.2, 0.25) is 0 Å². The third kappa shape index (κ3) is 8.66. The molecule has 0 spiro atoms. The summed E-state index contributed by atoms with van der Waals surface area (Å²) < 4.78 is 0.964. The van der Waals surface area contributed by atoms with E-state index in [4.69, 9.17) is 17.0 Å². The molecule has 0 heterocycles. The number of fused-ring (bicyclic) bond motifs is 2. The van der Waals surface area contributed by atoms with Crippen molar-refractivity contribution in [3.05, 3.63) is 75.5 Å². The van der Waals surface area contributed by atoms with Gasteiger partial charge in [-0.25, -0.2) is 0 Å². The number of hydrogen-bond donors (Lipinski definition) is 0. The Kier molecular flexibility index (Phi) is 16.3. The van der Waals surface area contributed by atoms with Crippen molar-refractivity contribution in [3.8, 4) is 0 Å². The number of hydrogen-bond acceptors (Lipinski definition) is 0. The minimum atomic E-state index is -1.12. The van der Waals surface area contributed by atoms with Crippen molar-refractivity contribution < 1.29 is 20.8 Å². The molecule has 2 aromatic rings. The van der Waals surface area contributed by atoms with E-state index in [9.17, 15) is 0 Å². The second-order valence-corrected chi connectivity index (χ2v) is 27.8. The molecule has 0 nitrogen and oxygen atoms in total. The van der Waals surface area contributed by atoms with Crippen LogP contribution in [0, 0.1) is 44.4 Å². The zero-order chi connectivity index (χ0) is 27.2. The van der Waals surface area contributed by atoms with Crippen molar-refractivity contribution in [2.75, 3.05) is 0 Å². The first-order chi connectivity index (χ1) is 19.2. The maximum absolute atomic E-state index is 4.93. The molecule has 0 bridgehead atoms. The van der Waals surface area contributed by atoms with E-state index in [2.05, 4.69) is 90.2 Å². The van der Waals surface area contributed by atoms with Gasteiger partial charge in [-0.1, -0.05) is 158 Å². The quantitative estimate of drug-likeness (QED) is 0.108. The Bertz CT molecular complexity index is 998. The Morgan fingerprint density at radius 3 is 2.02 bits per heavy atom. The molecule has 4 saturated carbocycles. The van der Waals surface area contributed by atoms with Crippen molar-refractivity contribution in [1.29, 1.82) is 0 Å². The van der Waals surface area contributed by atoms with Crippen molar-refractivity contribution >= 4 is 66.6 Å². The van der Waals surface area contributed by atoms with Gasteiger partial charge >= 0.3 is 37.9 Å². The number of halogens is 3. The van der Waals surface area contributed by atoms with E-state index in [0.717, 1.165) is 44.6 Å². The molecule has 6 rings (SSSR count). The first-order valence-electron chi connectivity index (χ1n) is 15.9. The van der Waals surface area contributed by atoms with Gasteiger partial charge < -0.3 is 14.9 Å². The third-order valence-corrected chi connectivity index (χ3v) is 27.4. The molecule has 0 saturated heterocycles. The molecule has 2 aromatic carbocycles. The molecule has 4 aliphatic carbocycles. The summed E-state index contributed by atoms with van der Waals surface area (Å²) in [6.07, 6.45) is 18.2. The summed E-state index contributed by atoms with van der Waals surface area (Å²) in [7, 11) is 7.66. The molecule has 10 unspecified atom stereocenters. The van der Waals surface area contributed by atoms with E-state index in [1.807, 2.05) is 10.4 Å². The summed E-state index contributed by atoms with van der Waals surface area (Å²) >= 11 is 2.12. The van der Waals surface area contributed by atoms with E-state index in [1.165, 1.54) is 44.9 Å². The van der Waals surface area contributed by atoms with Crippen LogP contribution >= 0.6 is 39.6 Å². The van der Waals surface area contributed by atoms with Gasteiger partial charge in [-0.05, 0) is 59.9 Å². The molecule has 0 aliphatic heterocycles. The van der Waals surface area contributed by atoms with Gasteiger partial charge in [0.25, 0.3) is 0 Å². The monoisotopic (exact) mass is 816 g/mol. The summed E-state index contributed by atoms with van der Waals surface area (Å²) in [6, 6.07) is 24.4. The van der Waals surface area contributed by atoms with Crippen LogP contribution in [0.2, 0.25) is 11.1 Å². The topological polar surface area (TPSA) is 0 Å². The summed E-state index contributed by atoms with van der Waals surface area (Å²) in [5, 5.41) is 3.68. The molecule has 10 atom stereocenters. The van der Waals surface area contributed by atoms with Crippen molar-refractivity contribution in [3.63, 3.8) is 0 Å². The fourth-order valence-corrected chi connectivity index (χ4v) is 28.4. The molecule has 0 aromatic heterocycles. The first kappa shape index (κ1) is 36.5. The fraction of sp³-hybridized carbons (Fsp3) is 0.600. The Labute approximate surface area is 288 Å². The average Bonchev–Trinajstić information content (AvgIpc) is 3.73. The number of rotatable bonds is 8. The van der Waals surface area contributed by atoms with E-state index >= 15 is 0 Å². The third-order valence-electron chi connectivity index (χ3n) is 11.3. The van der Waals surface area contributed by atoms with Crippen LogP contribution in [0.25, 0.3) is 0 Å². The molecular formula is C35H53Cl2ISi2Zr. The summed E-state index contributed by atoms with van der Waals surface area (Å²) in [4.78, 5) is 0. The van der Waals surface area contributed by atoms with Crippen LogP contribution in [0.15, 0.2) is 60.7 Å². The Morgan fingerprint density at radius 1 is 0.756 bits per heavy atom. The van der Waals surface area contributed by atoms with Crippen molar-refractivity contribution in [2.24, 2.45) is 29.6 Å². The van der Waals surface area contributed by atoms with Crippen LogP contribution in [0.4, 0.5) is 0 Å². The van der Waals surface area contributed by atoms with Gasteiger partial charge in [-0.2, -0.15) is 0 Å². The Morgan fingerprint density at radius 2 is 1.39 bits per heavy atom. The summed E-state index contributed by atoms with van der Waals surface area (Å²) in [5.41, 5.74) is 2.10. The zero-order valence-electron chi connectivity index (χ0n) is 25.7. The molecule has 0 radical (unpaired) electrons. The van der Waals surface area contributed by atoms with Crippen LogP contribution in [0.3, 0.4) is 0 Å². The second kappa shape index (κ2) is 18.3. The van der Waals surface area contributed by atoms with Gasteiger partial charge in [-0.3, -0.25) is 0 Å². The molecule has 6 heteroatoms. The predicted molar refractivity (Wildman–Crippen MR) is 195 cm³/mol. The number of benzene rings is 2. The second-order valence-electron chi connectivity index (χ2n) is 13.1. The molecular weight excluding hydrogens is 766 g/mol. The fourth-order valence-electron chi connectivity index (χ4n) is 9.80. The number of unbranched alkanes of at least 4 members (excludes halogenated alkanes) is 1. The van der Waals surface area contributed by atoms with Gasteiger partial charge in [0.05, 0.1) is 16.6 Å². The van der Waals surface area contributed by atoms with E-state index in [-0.39, 0.29) is 14.9 Å². The Hall–Kier alpha value is 1.07. The average molecular weight is 819 g/mol. The van der Waals surface area contributed by atoms with E-state index in [1.54, 1.807) is 32.1 Å². The molecule has 4 fully saturated rings.